The first kappa shape index (κ1) is 20.5. The number of nitrogens with one attached hydrogen (secondary N) is 1. The Kier molecular flexibility index (Phi) is 5.81. The maximum absolute atomic E-state index is 12.9. The number of hydrogen-bond acceptors (Lipinski definition) is 6. The van der Waals surface area contributed by atoms with E-state index in [1.54, 1.807) is 48.5 Å². The third-order valence-corrected chi connectivity index (χ3v) is 5.84. The van der Waals surface area contributed by atoms with Gasteiger partial charge in [0.1, 0.15) is 10.7 Å². The number of carbonyl (C=O) groups excluding carboxylic acids is 3. The zero-order valence-corrected chi connectivity index (χ0v) is 17.4. The average molecular weight is 424 g/mol. The number of nitrogens with zero attached hydrogens (tertiary/aromatic N) is 2. The van der Waals surface area contributed by atoms with Crippen LogP contribution >= 0.6 is 11.6 Å². The summed E-state index contributed by atoms with van der Waals surface area (Å²) in [4.78, 5) is 42.5. The van der Waals surface area contributed by atoms with Crippen molar-refractivity contribution in [3.8, 4) is 0 Å². The fourth-order valence-electron chi connectivity index (χ4n) is 3.67. The molecular formula is C23H22ClN3O3. The zero-order valence-electron chi connectivity index (χ0n) is 16.7. The van der Waals surface area contributed by atoms with Gasteiger partial charge < -0.3 is 10.2 Å². The Balaban J connectivity index is 1.52. The van der Waals surface area contributed by atoms with Crippen LogP contribution in [0.25, 0.3) is 0 Å². The number of carbonyl (C=O) groups is 3. The Labute approximate surface area is 180 Å². The van der Waals surface area contributed by atoms with Crippen LogP contribution in [0.4, 0.5) is 5.69 Å². The molecule has 154 valence electrons. The first-order chi connectivity index (χ1) is 14.4. The minimum Gasteiger partial charge on any atom is -0.351 e. The van der Waals surface area contributed by atoms with E-state index in [-0.39, 0.29) is 22.3 Å². The van der Waals surface area contributed by atoms with Crippen molar-refractivity contribution in [2.45, 2.75) is 0 Å². The molecule has 1 aliphatic carbocycles. The van der Waals surface area contributed by atoms with Crippen LogP contribution in [-0.4, -0.2) is 66.9 Å². The van der Waals surface area contributed by atoms with Crippen molar-refractivity contribution in [3.63, 3.8) is 0 Å². The van der Waals surface area contributed by atoms with Crippen LogP contribution in [-0.2, 0) is 0 Å². The highest BCUT2D eigenvalue weighted by atomic mass is 35.5. The first-order valence-electron chi connectivity index (χ1n) is 9.83. The van der Waals surface area contributed by atoms with E-state index in [1.165, 1.54) is 0 Å². The van der Waals surface area contributed by atoms with E-state index in [1.807, 2.05) is 0 Å². The number of benzene rings is 2. The second-order valence-electron chi connectivity index (χ2n) is 7.60. The van der Waals surface area contributed by atoms with Gasteiger partial charge in [-0.1, -0.05) is 48.0 Å². The van der Waals surface area contributed by atoms with Gasteiger partial charge in [-0.15, -0.1) is 0 Å². The molecular weight excluding hydrogens is 402 g/mol. The number of halogens is 1. The molecule has 4 rings (SSSR count). The molecule has 0 unspecified atom stereocenters. The van der Waals surface area contributed by atoms with Gasteiger partial charge in [-0.25, -0.2) is 0 Å². The summed E-state index contributed by atoms with van der Waals surface area (Å²) in [6, 6.07) is 13.5. The van der Waals surface area contributed by atoms with E-state index < -0.39 is 5.78 Å². The van der Waals surface area contributed by atoms with Crippen molar-refractivity contribution in [2.24, 2.45) is 0 Å². The normalized spacial score (nSPS) is 17.8. The van der Waals surface area contributed by atoms with Crippen LogP contribution in [0, 0.1) is 0 Å². The zero-order chi connectivity index (χ0) is 21.3. The van der Waals surface area contributed by atoms with Crippen LogP contribution in [0.1, 0.15) is 31.1 Å². The van der Waals surface area contributed by atoms with E-state index in [9.17, 15) is 14.4 Å². The van der Waals surface area contributed by atoms with Crippen molar-refractivity contribution < 1.29 is 14.4 Å². The highest BCUT2D eigenvalue weighted by Gasteiger charge is 2.31. The summed E-state index contributed by atoms with van der Waals surface area (Å²) in [7, 11) is 2.07. The summed E-state index contributed by atoms with van der Waals surface area (Å²) in [5.74, 6) is -0.722. The summed E-state index contributed by atoms with van der Waals surface area (Å²) in [6.45, 7) is 3.96. The Bertz CT molecular complexity index is 1060. The van der Waals surface area contributed by atoms with E-state index >= 15 is 0 Å². The minimum absolute atomic E-state index is 0.0136. The highest BCUT2D eigenvalue weighted by Crippen LogP contribution is 2.29. The third kappa shape index (κ3) is 4.07. The SMILES string of the molecule is CN1CCN(CC(=O)c2cccc(NC3=C(Cl)C(=O)c4ccccc4C3=O)c2)CC1. The molecule has 0 amide bonds. The van der Waals surface area contributed by atoms with Crippen LogP contribution in [0.3, 0.4) is 0 Å². The standard InChI is InChI=1S/C23H22ClN3O3/c1-26-9-11-27(12-10-26)14-19(28)15-5-4-6-16(13-15)25-21-20(24)22(29)17-7-2-3-8-18(17)23(21)30/h2-8,13,25H,9-12,14H2,1H3. The second-order valence-corrected chi connectivity index (χ2v) is 7.98. The smallest absolute Gasteiger partial charge is 0.211 e. The van der Waals surface area contributed by atoms with Gasteiger partial charge in [-0.3, -0.25) is 19.3 Å². The fraction of sp³-hybridized carbons (Fsp3) is 0.261. The lowest BCUT2D eigenvalue weighted by Gasteiger charge is -2.31. The van der Waals surface area contributed by atoms with Gasteiger partial charge in [-0.05, 0) is 19.2 Å². The number of Topliss-reactive ketones (excluding diaryl/α,β-unsaturated/α-hetero) is 3. The molecule has 1 saturated heterocycles. The number of allylic oxidation sites excluding steroid dienone is 2. The molecule has 0 spiro atoms. The molecule has 2 aromatic rings. The van der Waals surface area contributed by atoms with Crippen molar-refractivity contribution in [1.29, 1.82) is 0 Å². The van der Waals surface area contributed by atoms with E-state index in [2.05, 4.69) is 22.2 Å². The highest BCUT2D eigenvalue weighted by molar-refractivity contribution is 6.50. The van der Waals surface area contributed by atoms with E-state index in [0.717, 1.165) is 26.2 Å². The molecule has 7 heteroatoms. The Morgan fingerprint density at radius 2 is 1.63 bits per heavy atom. The van der Waals surface area contributed by atoms with Crippen LogP contribution in [0.5, 0.6) is 0 Å². The number of ketones is 3. The molecule has 30 heavy (non-hydrogen) atoms. The molecule has 0 saturated carbocycles. The number of fused-ring (bicyclic) bond motifs is 1. The topological polar surface area (TPSA) is 69.7 Å². The summed E-state index contributed by atoms with van der Waals surface area (Å²) >= 11 is 6.22. The Morgan fingerprint density at radius 3 is 2.33 bits per heavy atom. The third-order valence-electron chi connectivity index (χ3n) is 5.48. The summed E-state index contributed by atoms with van der Waals surface area (Å²) in [5, 5.41) is 2.82. The summed E-state index contributed by atoms with van der Waals surface area (Å²) in [5.41, 5.74) is 1.73. The number of likely N-dealkylation sites (N-methyl/N-ethyl adjacent to an activating group) is 1. The second kappa shape index (κ2) is 8.52. The largest absolute Gasteiger partial charge is 0.351 e. The average Bonchev–Trinajstić information content (AvgIpc) is 2.77. The molecule has 2 aromatic carbocycles. The number of piperazine rings is 1. The molecule has 6 nitrogen and oxygen atoms in total. The molecule has 0 atom stereocenters. The number of anilines is 1. The minimum atomic E-state index is -0.392. The molecule has 2 aliphatic rings. The lowest BCUT2D eigenvalue weighted by Crippen LogP contribution is -2.46. The van der Waals surface area contributed by atoms with Crippen molar-refractivity contribution >= 4 is 34.6 Å². The lowest BCUT2D eigenvalue weighted by molar-refractivity contribution is 0.0876. The van der Waals surface area contributed by atoms with E-state index in [0.29, 0.717) is 28.9 Å². The van der Waals surface area contributed by atoms with Gasteiger partial charge in [0.2, 0.25) is 11.6 Å². The first-order valence-corrected chi connectivity index (χ1v) is 10.2. The van der Waals surface area contributed by atoms with Gasteiger partial charge >= 0.3 is 0 Å². The predicted octanol–water partition coefficient (Wildman–Crippen LogP) is 3.06. The molecule has 0 bridgehead atoms. The summed E-state index contributed by atoms with van der Waals surface area (Å²) in [6.07, 6.45) is 0. The number of rotatable bonds is 5. The molecule has 0 radical (unpaired) electrons. The molecule has 1 heterocycles. The van der Waals surface area contributed by atoms with Crippen LogP contribution in [0.15, 0.2) is 59.3 Å². The van der Waals surface area contributed by atoms with Crippen LogP contribution in [0.2, 0.25) is 0 Å². The Hall–Kier alpha value is -2.80. The molecule has 1 N–H and O–H groups in total. The van der Waals surface area contributed by atoms with Crippen LogP contribution < -0.4 is 5.32 Å². The van der Waals surface area contributed by atoms with Crippen molar-refractivity contribution in [1.82, 2.24) is 9.80 Å². The van der Waals surface area contributed by atoms with E-state index in [4.69, 9.17) is 11.6 Å². The molecule has 1 aliphatic heterocycles. The van der Waals surface area contributed by atoms with Gasteiger partial charge in [0.05, 0.1) is 6.54 Å². The maximum Gasteiger partial charge on any atom is 0.211 e. The fourth-order valence-corrected chi connectivity index (χ4v) is 3.91. The molecule has 1 fully saturated rings. The van der Waals surface area contributed by atoms with Gasteiger partial charge in [0, 0.05) is 48.6 Å². The predicted molar refractivity (Wildman–Crippen MR) is 116 cm³/mol. The number of hydrogen-bond donors (Lipinski definition) is 1. The van der Waals surface area contributed by atoms with Gasteiger partial charge in [-0.2, -0.15) is 0 Å². The summed E-state index contributed by atoms with van der Waals surface area (Å²) < 4.78 is 0. The quantitative estimate of drug-likeness (QED) is 0.745. The molecule has 0 aromatic heterocycles. The van der Waals surface area contributed by atoms with Crippen molar-refractivity contribution in [2.75, 3.05) is 45.1 Å². The van der Waals surface area contributed by atoms with Gasteiger partial charge in [0.25, 0.3) is 0 Å². The lowest BCUT2D eigenvalue weighted by atomic mass is 9.92. The van der Waals surface area contributed by atoms with Gasteiger partial charge in [0.15, 0.2) is 5.78 Å². The Morgan fingerprint density at radius 1 is 0.967 bits per heavy atom. The monoisotopic (exact) mass is 423 g/mol. The van der Waals surface area contributed by atoms with Crippen molar-refractivity contribution in [3.05, 3.63) is 76.0 Å². The maximum atomic E-state index is 12.9.